The Morgan fingerprint density at radius 2 is 1.95 bits per heavy atom. The summed E-state index contributed by atoms with van der Waals surface area (Å²) in [7, 11) is -3.76. The molecule has 0 saturated carbocycles. The van der Waals surface area contributed by atoms with Gasteiger partial charge in [0.2, 0.25) is 10.0 Å². The van der Waals surface area contributed by atoms with Crippen molar-refractivity contribution in [3.63, 3.8) is 0 Å². The van der Waals surface area contributed by atoms with E-state index in [0.29, 0.717) is 6.42 Å². The van der Waals surface area contributed by atoms with E-state index in [2.05, 4.69) is 4.72 Å². The molecule has 1 unspecified atom stereocenters. The molecule has 0 radical (unpaired) electrons. The van der Waals surface area contributed by atoms with Crippen molar-refractivity contribution >= 4 is 15.7 Å². The van der Waals surface area contributed by atoms with Crippen LogP contribution in [0.5, 0.6) is 0 Å². The predicted octanol–water partition coefficient (Wildman–Crippen LogP) is 1.42. The van der Waals surface area contributed by atoms with Gasteiger partial charge >= 0.3 is 0 Å². The van der Waals surface area contributed by atoms with Gasteiger partial charge in [-0.15, -0.1) is 0 Å². The monoisotopic (exact) mass is 316 g/mol. The zero-order valence-electron chi connectivity index (χ0n) is 12.0. The molecule has 1 aromatic carbocycles. The van der Waals surface area contributed by atoms with Crippen molar-refractivity contribution in [2.24, 2.45) is 5.92 Å². The smallest absolute Gasteiger partial charge is 0.273 e. The molecule has 1 aromatic rings. The maximum Gasteiger partial charge on any atom is 0.273 e. The third kappa shape index (κ3) is 5.78. The van der Waals surface area contributed by atoms with Crippen LogP contribution in [0.15, 0.2) is 24.3 Å². The van der Waals surface area contributed by atoms with Gasteiger partial charge in [0.25, 0.3) is 5.69 Å². The molecule has 1 atom stereocenters. The molecule has 0 aliphatic carbocycles. The highest BCUT2D eigenvalue weighted by molar-refractivity contribution is 7.88. The van der Waals surface area contributed by atoms with Gasteiger partial charge in [-0.25, -0.2) is 13.1 Å². The summed E-state index contributed by atoms with van der Waals surface area (Å²) in [5.74, 6) is -0.269. The Bertz CT molecular complexity index is 586. The van der Waals surface area contributed by atoms with Gasteiger partial charge in [0.1, 0.15) is 0 Å². The molecular weight excluding hydrogens is 296 g/mol. The Labute approximate surface area is 124 Å². The number of aliphatic hydroxyl groups is 1. The maximum atomic E-state index is 12.1. The first-order valence-electron chi connectivity index (χ1n) is 6.58. The fourth-order valence-corrected chi connectivity index (χ4v) is 3.46. The van der Waals surface area contributed by atoms with Crippen LogP contribution in [0, 0.1) is 16.0 Å². The van der Waals surface area contributed by atoms with Crippen LogP contribution in [0.4, 0.5) is 5.69 Å². The predicted molar refractivity (Wildman–Crippen MR) is 79.2 cm³/mol. The molecule has 0 aromatic heterocycles. The number of rotatable bonds is 8. The number of nitrogens with zero attached hydrogens (tertiary/aromatic N) is 1. The Kier molecular flexibility index (Phi) is 6.25. The minimum Gasteiger partial charge on any atom is -0.395 e. The van der Waals surface area contributed by atoms with Crippen molar-refractivity contribution in [3.05, 3.63) is 39.9 Å². The van der Waals surface area contributed by atoms with Gasteiger partial charge in [-0.2, -0.15) is 0 Å². The van der Waals surface area contributed by atoms with Crippen LogP contribution in [-0.2, 0) is 15.8 Å². The zero-order chi connectivity index (χ0) is 16.0. The molecule has 21 heavy (non-hydrogen) atoms. The van der Waals surface area contributed by atoms with Crippen LogP contribution >= 0.6 is 0 Å². The maximum absolute atomic E-state index is 12.1. The lowest BCUT2D eigenvalue weighted by Gasteiger charge is -2.18. The van der Waals surface area contributed by atoms with E-state index in [-0.39, 0.29) is 23.8 Å². The topological polar surface area (TPSA) is 110 Å². The van der Waals surface area contributed by atoms with E-state index < -0.39 is 26.7 Å². The van der Waals surface area contributed by atoms with Gasteiger partial charge in [-0.3, -0.25) is 10.1 Å². The number of benzene rings is 1. The average molecular weight is 316 g/mol. The van der Waals surface area contributed by atoms with Crippen LogP contribution < -0.4 is 4.72 Å². The third-order valence-electron chi connectivity index (χ3n) is 2.86. The highest BCUT2D eigenvalue weighted by Crippen LogP contribution is 2.20. The molecule has 0 fully saturated rings. The number of nitro benzene ring substituents is 1. The number of sulfonamides is 1. The Morgan fingerprint density at radius 1 is 1.33 bits per heavy atom. The Balaban J connectivity index is 2.88. The summed E-state index contributed by atoms with van der Waals surface area (Å²) < 4.78 is 26.6. The quantitative estimate of drug-likeness (QED) is 0.557. The van der Waals surface area contributed by atoms with Crippen LogP contribution in [-0.4, -0.2) is 31.1 Å². The SMILES string of the molecule is CC(C)CC(CO)NS(=O)(=O)Cc1ccccc1[N+](=O)[O-]. The summed E-state index contributed by atoms with van der Waals surface area (Å²) in [5.41, 5.74) is -0.108. The number of hydrogen-bond donors (Lipinski definition) is 2. The Hall–Kier alpha value is -1.51. The molecule has 0 aliphatic heterocycles. The summed E-state index contributed by atoms with van der Waals surface area (Å²) in [6, 6.07) is 5.13. The van der Waals surface area contributed by atoms with Crippen LogP contribution in [0.3, 0.4) is 0 Å². The largest absolute Gasteiger partial charge is 0.395 e. The van der Waals surface area contributed by atoms with E-state index in [4.69, 9.17) is 0 Å². The van der Waals surface area contributed by atoms with E-state index >= 15 is 0 Å². The zero-order valence-corrected chi connectivity index (χ0v) is 12.8. The second kappa shape index (κ2) is 7.48. The highest BCUT2D eigenvalue weighted by Gasteiger charge is 2.22. The highest BCUT2D eigenvalue weighted by atomic mass is 32.2. The number of nitro groups is 1. The molecule has 2 N–H and O–H groups in total. The second-order valence-electron chi connectivity index (χ2n) is 5.27. The first-order chi connectivity index (χ1) is 9.75. The molecule has 118 valence electrons. The molecule has 0 spiro atoms. The number of para-hydroxylation sites is 1. The summed E-state index contributed by atoms with van der Waals surface area (Å²) in [6.45, 7) is 3.52. The minimum atomic E-state index is -3.76. The number of aliphatic hydroxyl groups excluding tert-OH is 1. The van der Waals surface area contributed by atoms with Crippen molar-refractivity contribution in [1.29, 1.82) is 0 Å². The van der Waals surface area contributed by atoms with Gasteiger partial charge in [0, 0.05) is 17.7 Å². The van der Waals surface area contributed by atoms with Crippen LogP contribution in [0.1, 0.15) is 25.8 Å². The minimum absolute atomic E-state index is 0.122. The molecule has 0 aliphatic rings. The third-order valence-corrected chi connectivity index (χ3v) is 4.24. The summed E-state index contributed by atoms with van der Waals surface area (Å²) in [6.07, 6.45) is 0.493. The van der Waals surface area contributed by atoms with E-state index in [0.717, 1.165) is 0 Å². The van der Waals surface area contributed by atoms with E-state index in [9.17, 15) is 23.6 Å². The van der Waals surface area contributed by atoms with Crippen LogP contribution in [0.2, 0.25) is 0 Å². The fourth-order valence-electron chi connectivity index (χ4n) is 2.04. The van der Waals surface area contributed by atoms with Crippen molar-refractivity contribution < 1.29 is 18.4 Å². The fraction of sp³-hybridized carbons (Fsp3) is 0.538. The molecular formula is C13H20N2O5S. The number of nitrogens with one attached hydrogen (secondary N) is 1. The number of hydrogen-bond acceptors (Lipinski definition) is 5. The second-order valence-corrected chi connectivity index (χ2v) is 7.03. The van der Waals surface area contributed by atoms with Gasteiger partial charge < -0.3 is 5.11 Å². The normalized spacial score (nSPS) is 13.3. The van der Waals surface area contributed by atoms with Crippen molar-refractivity contribution in [2.75, 3.05) is 6.61 Å². The first kappa shape index (κ1) is 17.5. The standard InChI is InChI=1S/C13H20N2O5S/c1-10(2)7-12(8-16)14-21(19,20)9-11-5-3-4-6-13(11)15(17)18/h3-6,10,12,14,16H,7-9H2,1-2H3. The molecule has 0 heterocycles. The van der Waals surface area contributed by atoms with E-state index in [1.54, 1.807) is 6.07 Å². The van der Waals surface area contributed by atoms with E-state index in [1.807, 2.05) is 13.8 Å². The average Bonchev–Trinajstić information content (AvgIpc) is 2.36. The first-order valence-corrected chi connectivity index (χ1v) is 8.23. The summed E-state index contributed by atoms with van der Waals surface area (Å²) in [5, 5.41) is 20.1. The van der Waals surface area contributed by atoms with Gasteiger partial charge in [0.05, 0.1) is 17.3 Å². The molecule has 7 nitrogen and oxygen atoms in total. The summed E-state index contributed by atoms with van der Waals surface area (Å²) >= 11 is 0. The van der Waals surface area contributed by atoms with Crippen molar-refractivity contribution in [3.8, 4) is 0 Å². The van der Waals surface area contributed by atoms with E-state index in [1.165, 1.54) is 18.2 Å². The molecule has 0 amide bonds. The van der Waals surface area contributed by atoms with Gasteiger partial charge in [-0.1, -0.05) is 32.0 Å². The lowest BCUT2D eigenvalue weighted by atomic mass is 10.1. The van der Waals surface area contributed by atoms with Crippen molar-refractivity contribution in [2.45, 2.75) is 32.1 Å². The van der Waals surface area contributed by atoms with Crippen LogP contribution in [0.25, 0.3) is 0 Å². The lowest BCUT2D eigenvalue weighted by molar-refractivity contribution is -0.385. The summed E-state index contributed by atoms with van der Waals surface area (Å²) in [4.78, 5) is 10.3. The molecule has 1 rings (SSSR count). The van der Waals surface area contributed by atoms with Crippen molar-refractivity contribution in [1.82, 2.24) is 4.72 Å². The molecule has 0 bridgehead atoms. The molecule has 0 saturated heterocycles. The van der Waals surface area contributed by atoms with Gasteiger partial charge in [0.15, 0.2) is 0 Å². The lowest BCUT2D eigenvalue weighted by Crippen LogP contribution is -2.39. The van der Waals surface area contributed by atoms with Gasteiger partial charge in [-0.05, 0) is 12.3 Å². The molecule has 8 heteroatoms. The Morgan fingerprint density at radius 3 is 2.48 bits per heavy atom.